The Kier molecular flexibility index (Phi) is 4.55. The molecule has 0 heterocycles. The largest absolute Gasteiger partial charge is 0.310 e. The zero-order chi connectivity index (χ0) is 11.4. The Morgan fingerprint density at radius 3 is 2.53 bits per heavy atom. The Bertz CT molecular complexity index is 305. The van der Waals surface area contributed by atoms with E-state index in [1.165, 1.54) is 6.07 Å². The molecule has 1 N–H and O–H groups in total. The van der Waals surface area contributed by atoms with E-state index in [1.54, 1.807) is 12.1 Å². The van der Waals surface area contributed by atoms with Crippen molar-refractivity contribution in [3.8, 4) is 0 Å². The molecule has 0 spiro atoms. The van der Waals surface area contributed by atoms with Crippen molar-refractivity contribution in [3.63, 3.8) is 0 Å². The molecule has 0 aromatic heterocycles. The fourth-order valence-electron chi connectivity index (χ4n) is 1.20. The Balaban J connectivity index is 2.65. The van der Waals surface area contributed by atoms with Crippen LogP contribution in [0, 0.1) is 11.7 Å². The predicted molar refractivity (Wildman–Crippen MR) is 62.5 cm³/mol. The molecule has 3 heteroatoms. The molecule has 0 aliphatic heterocycles. The van der Waals surface area contributed by atoms with Crippen molar-refractivity contribution in [2.45, 2.75) is 33.4 Å². The second kappa shape index (κ2) is 5.47. The maximum atomic E-state index is 13.4. The summed E-state index contributed by atoms with van der Waals surface area (Å²) in [6.45, 7) is 6.81. The summed E-state index contributed by atoms with van der Waals surface area (Å²) < 4.78 is 13.4. The van der Waals surface area contributed by atoms with Gasteiger partial charge in [-0.2, -0.15) is 0 Å². The van der Waals surface area contributed by atoms with Crippen molar-refractivity contribution in [3.05, 3.63) is 34.6 Å². The van der Waals surface area contributed by atoms with Gasteiger partial charge >= 0.3 is 0 Å². The first kappa shape index (κ1) is 12.5. The maximum Gasteiger partial charge on any atom is 0.129 e. The number of benzene rings is 1. The third-order valence-electron chi connectivity index (χ3n) is 2.66. The van der Waals surface area contributed by atoms with Crippen LogP contribution in [0.1, 0.15) is 26.3 Å². The van der Waals surface area contributed by atoms with Gasteiger partial charge in [-0.25, -0.2) is 4.39 Å². The van der Waals surface area contributed by atoms with Gasteiger partial charge < -0.3 is 5.32 Å². The van der Waals surface area contributed by atoms with Gasteiger partial charge in [-0.05, 0) is 25.0 Å². The molecular formula is C12H17ClFN. The Labute approximate surface area is 95.6 Å². The first-order valence-electron chi connectivity index (χ1n) is 5.18. The number of hydrogen-bond donors (Lipinski definition) is 1. The molecule has 1 aromatic carbocycles. The molecule has 0 aliphatic carbocycles. The van der Waals surface area contributed by atoms with Crippen LogP contribution in [0.5, 0.6) is 0 Å². The van der Waals surface area contributed by atoms with Crippen molar-refractivity contribution in [2.75, 3.05) is 0 Å². The zero-order valence-corrected chi connectivity index (χ0v) is 10.1. The lowest BCUT2D eigenvalue weighted by atomic mass is 10.1. The normalized spacial score (nSPS) is 13.2. The summed E-state index contributed by atoms with van der Waals surface area (Å²) >= 11 is 5.91. The van der Waals surface area contributed by atoms with Crippen molar-refractivity contribution in [1.29, 1.82) is 0 Å². The smallest absolute Gasteiger partial charge is 0.129 e. The highest BCUT2D eigenvalue weighted by molar-refractivity contribution is 6.31. The number of hydrogen-bond acceptors (Lipinski definition) is 1. The van der Waals surface area contributed by atoms with E-state index in [9.17, 15) is 4.39 Å². The molecule has 0 bridgehead atoms. The molecule has 1 nitrogen and oxygen atoms in total. The van der Waals surface area contributed by atoms with E-state index in [0.717, 1.165) is 0 Å². The summed E-state index contributed by atoms with van der Waals surface area (Å²) in [4.78, 5) is 0. The summed E-state index contributed by atoms with van der Waals surface area (Å²) in [6.07, 6.45) is 0. The van der Waals surface area contributed by atoms with Gasteiger partial charge in [-0.1, -0.05) is 31.5 Å². The van der Waals surface area contributed by atoms with Crippen molar-refractivity contribution in [2.24, 2.45) is 5.92 Å². The highest BCUT2D eigenvalue weighted by Crippen LogP contribution is 2.18. The number of nitrogens with one attached hydrogen (secondary N) is 1. The van der Waals surface area contributed by atoms with Crippen molar-refractivity contribution in [1.82, 2.24) is 5.32 Å². The predicted octanol–water partition coefficient (Wildman–Crippen LogP) is 3.61. The van der Waals surface area contributed by atoms with Gasteiger partial charge in [0.2, 0.25) is 0 Å². The summed E-state index contributed by atoms with van der Waals surface area (Å²) in [5.74, 6) is 0.279. The summed E-state index contributed by atoms with van der Waals surface area (Å²) in [7, 11) is 0. The molecule has 1 aromatic rings. The molecule has 84 valence electrons. The summed E-state index contributed by atoms with van der Waals surface area (Å²) in [6, 6.07) is 5.11. The Morgan fingerprint density at radius 2 is 2.00 bits per heavy atom. The molecule has 0 amide bonds. The Hall–Kier alpha value is -0.600. The second-order valence-electron chi connectivity index (χ2n) is 4.11. The maximum absolute atomic E-state index is 13.4. The molecule has 15 heavy (non-hydrogen) atoms. The molecule has 1 atom stereocenters. The molecule has 0 unspecified atom stereocenters. The minimum Gasteiger partial charge on any atom is -0.310 e. The fourth-order valence-corrected chi connectivity index (χ4v) is 1.43. The monoisotopic (exact) mass is 229 g/mol. The van der Waals surface area contributed by atoms with E-state index in [2.05, 4.69) is 26.1 Å². The van der Waals surface area contributed by atoms with Gasteiger partial charge in [-0.15, -0.1) is 0 Å². The van der Waals surface area contributed by atoms with E-state index < -0.39 is 0 Å². The van der Waals surface area contributed by atoms with Gasteiger partial charge in [-0.3, -0.25) is 0 Å². The average Bonchev–Trinajstić information content (AvgIpc) is 2.16. The van der Waals surface area contributed by atoms with E-state index in [0.29, 0.717) is 29.1 Å². The summed E-state index contributed by atoms with van der Waals surface area (Å²) in [5.41, 5.74) is 0.548. The van der Waals surface area contributed by atoms with Gasteiger partial charge in [0.05, 0.1) is 0 Å². The first-order valence-corrected chi connectivity index (χ1v) is 5.56. The minimum absolute atomic E-state index is 0.244. The third kappa shape index (κ3) is 3.47. The quantitative estimate of drug-likeness (QED) is 0.832. The standard InChI is InChI=1S/C12H17ClFN/c1-8(2)9(3)15-7-10-11(13)5-4-6-12(10)14/h4-6,8-9,15H,7H2,1-3H3/t9-/m1/s1. The molecular weight excluding hydrogens is 213 g/mol. The SMILES string of the molecule is CC(C)[C@@H](C)NCc1c(F)cccc1Cl. The Morgan fingerprint density at radius 1 is 1.33 bits per heavy atom. The topological polar surface area (TPSA) is 12.0 Å². The minimum atomic E-state index is -0.244. The van der Waals surface area contributed by atoms with Gasteiger partial charge in [0.1, 0.15) is 5.82 Å². The van der Waals surface area contributed by atoms with Crippen LogP contribution in [0.15, 0.2) is 18.2 Å². The third-order valence-corrected chi connectivity index (χ3v) is 3.02. The van der Waals surface area contributed by atoms with E-state index in [1.807, 2.05) is 0 Å². The van der Waals surface area contributed by atoms with Crippen LogP contribution in [0.3, 0.4) is 0 Å². The van der Waals surface area contributed by atoms with Crippen LogP contribution in [-0.2, 0) is 6.54 Å². The molecule has 1 rings (SSSR count). The highest BCUT2D eigenvalue weighted by atomic mass is 35.5. The van der Waals surface area contributed by atoms with Crippen LogP contribution >= 0.6 is 11.6 Å². The van der Waals surface area contributed by atoms with Gasteiger partial charge in [0, 0.05) is 23.2 Å². The van der Waals surface area contributed by atoms with Gasteiger partial charge in [0.25, 0.3) is 0 Å². The molecule has 0 saturated heterocycles. The van der Waals surface area contributed by atoms with Crippen molar-refractivity contribution < 1.29 is 4.39 Å². The lowest BCUT2D eigenvalue weighted by molar-refractivity contribution is 0.421. The molecule has 0 radical (unpaired) electrons. The number of halogens is 2. The molecule has 0 aliphatic rings. The second-order valence-corrected chi connectivity index (χ2v) is 4.52. The molecule has 0 saturated carbocycles. The van der Waals surface area contributed by atoms with E-state index in [-0.39, 0.29) is 5.82 Å². The van der Waals surface area contributed by atoms with Gasteiger partial charge in [0.15, 0.2) is 0 Å². The number of rotatable bonds is 4. The lowest BCUT2D eigenvalue weighted by Crippen LogP contribution is -2.30. The lowest BCUT2D eigenvalue weighted by Gasteiger charge is -2.18. The van der Waals surface area contributed by atoms with Crippen LogP contribution in [0.25, 0.3) is 0 Å². The van der Waals surface area contributed by atoms with Crippen LogP contribution in [0.2, 0.25) is 5.02 Å². The van der Waals surface area contributed by atoms with Crippen LogP contribution in [-0.4, -0.2) is 6.04 Å². The van der Waals surface area contributed by atoms with Crippen LogP contribution in [0.4, 0.5) is 4.39 Å². The zero-order valence-electron chi connectivity index (χ0n) is 9.35. The summed E-state index contributed by atoms with van der Waals surface area (Å²) in [5, 5.41) is 3.74. The highest BCUT2D eigenvalue weighted by Gasteiger charge is 2.10. The van der Waals surface area contributed by atoms with E-state index in [4.69, 9.17) is 11.6 Å². The fraction of sp³-hybridized carbons (Fsp3) is 0.500. The average molecular weight is 230 g/mol. The molecule has 0 fully saturated rings. The van der Waals surface area contributed by atoms with E-state index >= 15 is 0 Å². The van der Waals surface area contributed by atoms with Crippen molar-refractivity contribution >= 4 is 11.6 Å². The first-order chi connectivity index (χ1) is 7.02. The van der Waals surface area contributed by atoms with Crippen LogP contribution < -0.4 is 5.32 Å².